The molecular formula is C23H42N4O5S. The van der Waals surface area contributed by atoms with Crippen molar-refractivity contribution in [1.29, 1.82) is 0 Å². The fourth-order valence-corrected chi connectivity index (χ4v) is 7.03. The molecule has 0 aromatic carbocycles. The molecule has 0 radical (unpaired) electrons. The summed E-state index contributed by atoms with van der Waals surface area (Å²) in [6, 6.07) is -0.154. The smallest absolute Gasteiger partial charge is 0.410 e. The zero-order valence-corrected chi connectivity index (χ0v) is 21.8. The second kappa shape index (κ2) is 10.5. The van der Waals surface area contributed by atoms with Gasteiger partial charge in [0.15, 0.2) is 0 Å². The van der Waals surface area contributed by atoms with E-state index < -0.39 is 10.2 Å². The minimum Gasteiger partial charge on any atom is -0.447 e. The van der Waals surface area contributed by atoms with Gasteiger partial charge in [-0.1, -0.05) is 12.8 Å². The number of rotatable bonds is 5. The van der Waals surface area contributed by atoms with Crippen LogP contribution in [-0.4, -0.2) is 85.4 Å². The van der Waals surface area contributed by atoms with E-state index in [1.807, 2.05) is 30.6 Å². The van der Waals surface area contributed by atoms with Crippen LogP contribution in [0.25, 0.3) is 0 Å². The van der Waals surface area contributed by atoms with Crippen LogP contribution in [0.5, 0.6) is 0 Å². The first-order chi connectivity index (χ1) is 15.4. The summed E-state index contributed by atoms with van der Waals surface area (Å²) in [5.41, 5.74) is 0. The molecule has 2 saturated carbocycles. The Morgan fingerprint density at radius 1 is 1.03 bits per heavy atom. The van der Waals surface area contributed by atoms with Gasteiger partial charge in [-0.3, -0.25) is 4.79 Å². The Bertz CT molecular complexity index is 818. The van der Waals surface area contributed by atoms with Crippen LogP contribution in [0.1, 0.15) is 72.6 Å². The van der Waals surface area contributed by atoms with Crippen molar-refractivity contribution in [2.75, 3.05) is 20.6 Å². The molecule has 0 bridgehead atoms. The number of nitrogens with zero attached hydrogens (tertiary/aromatic N) is 3. The zero-order valence-electron chi connectivity index (χ0n) is 21.0. The molecule has 190 valence electrons. The fourth-order valence-electron chi connectivity index (χ4n) is 6.19. The van der Waals surface area contributed by atoms with E-state index in [0.717, 1.165) is 44.9 Å². The summed E-state index contributed by atoms with van der Waals surface area (Å²) < 4.78 is 34.3. The van der Waals surface area contributed by atoms with Crippen LogP contribution in [0, 0.1) is 11.8 Å². The average molecular weight is 487 g/mol. The van der Waals surface area contributed by atoms with Crippen molar-refractivity contribution in [1.82, 2.24) is 18.8 Å². The van der Waals surface area contributed by atoms with Crippen molar-refractivity contribution >= 4 is 22.2 Å². The molecule has 9 nitrogen and oxygen atoms in total. The monoisotopic (exact) mass is 486 g/mol. The molecule has 2 aliphatic carbocycles. The first kappa shape index (κ1) is 26.2. The lowest BCUT2D eigenvalue weighted by atomic mass is 9.69. The number of hydrogen-bond donors (Lipinski definition) is 1. The van der Waals surface area contributed by atoms with E-state index >= 15 is 0 Å². The maximum absolute atomic E-state index is 13.0. The minimum atomic E-state index is -3.46. The van der Waals surface area contributed by atoms with Crippen LogP contribution in [0.4, 0.5) is 4.79 Å². The lowest BCUT2D eigenvalue weighted by Crippen LogP contribution is -2.67. The van der Waals surface area contributed by atoms with Gasteiger partial charge in [0.05, 0.1) is 18.2 Å². The van der Waals surface area contributed by atoms with Gasteiger partial charge in [-0.2, -0.15) is 17.4 Å². The van der Waals surface area contributed by atoms with Gasteiger partial charge in [-0.25, -0.2) is 4.79 Å². The van der Waals surface area contributed by atoms with Crippen molar-refractivity contribution in [3.8, 4) is 0 Å². The third-order valence-corrected chi connectivity index (χ3v) is 9.22. The predicted octanol–water partition coefficient (Wildman–Crippen LogP) is 2.58. The van der Waals surface area contributed by atoms with Crippen molar-refractivity contribution in [3.63, 3.8) is 0 Å². The Kier molecular flexibility index (Phi) is 8.32. The van der Waals surface area contributed by atoms with Crippen LogP contribution in [0.2, 0.25) is 0 Å². The number of piperazine rings is 1. The number of nitrogens with one attached hydrogen (secondary N) is 1. The normalized spacial score (nSPS) is 33.2. The first-order valence-electron chi connectivity index (χ1n) is 12.4. The molecular weight excluding hydrogens is 444 g/mol. The standard InChI is InChI=1S/C23H42N4O5S/c1-15(2)32-23(29)26-14-16(3)27(17(4)28)21-11-10-19(13-22(21)26)18-8-7-9-20(12-18)24-33(30,31)25(5)6/h15-16,18-22,24H,7-14H2,1-6H3/t16-,18?,19?,20?,21?,22?/m0/s1. The molecule has 3 rings (SSSR count). The lowest BCUT2D eigenvalue weighted by Gasteiger charge is -2.54. The maximum atomic E-state index is 13.0. The minimum absolute atomic E-state index is 0.00819. The molecule has 0 aromatic heterocycles. The van der Waals surface area contributed by atoms with Crippen LogP contribution in [0.3, 0.4) is 0 Å². The molecule has 1 aliphatic heterocycles. The summed E-state index contributed by atoms with van der Waals surface area (Å²) in [6.07, 6.45) is 5.92. The van der Waals surface area contributed by atoms with Crippen LogP contribution < -0.4 is 4.72 Å². The van der Waals surface area contributed by atoms with Crippen molar-refractivity contribution in [2.24, 2.45) is 11.8 Å². The van der Waals surface area contributed by atoms with Gasteiger partial charge in [0.2, 0.25) is 5.91 Å². The molecule has 1 heterocycles. The highest BCUT2D eigenvalue weighted by molar-refractivity contribution is 7.87. The third-order valence-electron chi connectivity index (χ3n) is 7.63. The van der Waals surface area contributed by atoms with Gasteiger partial charge >= 0.3 is 6.09 Å². The highest BCUT2D eigenvalue weighted by atomic mass is 32.2. The molecule has 6 atom stereocenters. The van der Waals surface area contributed by atoms with Gasteiger partial charge in [-0.15, -0.1) is 0 Å². The van der Waals surface area contributed by atoms with E-state index in [9.17, 15) is 18.0 Å². The molecule has 3 fully saturated rings. The van der Waals surface area contributed by atoms with Crippen LogP contribution >= 0.6 is 0 Å². The molecule has 5 unspecified atom stereocenters. The van der Waals surface area contributed by atoms with E-state index in [1.165, 1.54) is 4.31 Å². The van der Waals surface area contributed by atoms with Crippen molar-refractivity contribution in [2.45, 2.75) is 103 Å². The number of hydrogen-bond acceptors (Lipinski definition) is 5. The van der Waals surface area contributed by atoms with E-state index in [0.29, 0.717) is 18.4 Å². The predicted molar refractivity (Wildman–Crippen MR) is 127 cm³/mol. The van der Waals surface area contributed by atoms with E-state index in [4.69, 9.17) is 4.74 Å². The summed E-state index contributed by atoms with van der Waals surface area (Å²) in [5, 5.41) is 0. The topological polar surface area (TPSA) is 99.3 Å². The Morgan fingerprint density at radius 2 is 1.70 bits per heavy atom. The summed E-state index contributed by atoms with van der Waals surface area (Å²) in [4.78, 5) is 29.2. The molecule has 0 aromatic rings. The zero-order chi connectivity index (χ0) is 24.5. The van der Waals surface area contributed by atoms with Gasteiger partial charge in [-0.05, 0) is 64.7 Å². The number of amides is 2. The second-order valence-electron chi connectivity index (χ2n) is 10.6. The Labute approximate surface area is 199 Å². The number of carbonyl (C=O) groups is 2. The third kappa shape index (κ3) is 6.00. The molecule has 0 spiro atoms. The summed E-state index contributed by atoms with van der Waals surface area (Å²) in [7, 11) is -0.373. The molecule has 10 heteroatoms. The van der Waals surface area contributed by atoms with Crippen LogP contribution in [-0.2, 0) is 19.7 Å². The Balaban J connectivity index is 1.75. The molecule has 3 aliphatic rings. The first-order valence-corrected chi connectivity index (χ1v) is 13.8. The molecule has 1 saturated heterocycles. The number of fused-ring (bicyclic) bond motifs is 1. The number of ether oxygens (including phenoxy) is 1. The molecule has 2 amide bonds. The lowest BCUT2D eigenvalue weighted by molar-refractivity contribution is -0.142. The maximum Gasteiger partial charge on any atom is 0.410 e. The molecule has 33 heavy (non-hydrogen) atoms. The van der Waals surface area contributed by atoms with Crippen LogP contribution in [0.15, 0.2) is 0 Å². The van der Waals surface area contributed by atoms with Gasteiger partial charge in [0.1, 0.15) is 0 Å². The second-order valence-corrected chi connectivity index (χ2v) is 12.5. The van der Waals surface area contributed by atoms with Gasteiger partial charge in [0, 0.05) is 39.6 Å². The highest BCUT2D eigenvalue weighted by Gasteiger charge is 2.48. The average Bonchev–Trinajstić information content (AvgIpc) is 2.71. The quantitative estimate of drug-likeness (QED) is 0.644. The fraction of sp³-hybridized carbons (Fsp3) is 0.913. The van der Waals surface area contributed by atoms with E-state index in [1.54, 1.807) is 21.0 Å². The summed E-state index contributed by atoms with van der Waals surface area (Å²) >= 11 is 0. The van der Waals surface area contributed by atoms with Crippen molar-refractivity contribution in [3.05, 3.63) is 0 Å². The Morgan fingerprint density at radius 3 is 2.30 bits per heavy atom. The van der Waals surface area contributed by atoms with E-state index in [-0.39, 0.29) is 42.3 Å². The summed E-state index contributed by atoms with van der Waals surface area (Å²) in [6.45, 7) is 7.80. The van der Waals surface area contributed by atoms with Crippen molar-refractivity contribution < 1.29 is 22.7 Å². The largest absolute Gasteiger partial charge is 0.447 e. The van der Waals surface area contributed by atoms with Gasteiger partial charge < -0.3 is 14.5 Å². The van der Waals surface area contributed by atoms with E-state index in [2.05, 4.69) is 4.72 Å². The highest BCUT2D eigenvalue weighted by Crippen LogP contribution is 2.43. The molecule has 1 N–H and O–H groups in total. The SMILES string of the molecule is CC(=O)N1C2CCC(C3CCCC(NS(=O)(=O)N(C)C)C3)CC2N(C(=O)OC(C)C)C[C@@H]1C. The Hall–Kier alpha value is -1.39. The van der Waals surface area contributed by atoms with Gasteiger partial charge in [0.25, 0.3) is 10.2 Å². The number of carbonyl (C=O) groups excluding carboxylic acids is 2. The summed E-state index contributed by atoms with van der Waals surface area (Å²) in [5.74, 6) is 0.862.